The maximum atomic E-state index is 9.08. The standard InChI is InChI=1S/C43H29NO.2C22H15Br.C16H13BO2.C16H11Br.C6H4BrI.C4H8O/c1-3-13-30(14-4-1)43(31-15-5-2-6-16-31)37-21-9-7-18-36(37)41-38(43)22-12-23-39(41)44-32-27-25-29(26-28-32)33-19-11-20-35-34-17-8-10-24-40(34)45-42(33)35;2*23-22-13-11-18(12-14-22)17-5-7-19(8-6-17)21-10-9-16-3-1-2-4-20(16)15-21;18-17(19)16-9-7-13(8-10-16)15-6-5-12-3-1-2-4-14(12)11-15;17-16-9-7-13(8-10-16)15-6-5-12-3-1-2-4-14(12)11-15;7-5-1-3-6(8)4-2-5;1-2-4-5-3-1/h1-28,44H;2*1-15H;1-11,18-19H;1-11H;1-4H;1-4H2. The number of benzene rings is 22. The molecule has 22 aromatic carbocycles. The number of nitrogens with one attached hydrogen (secondary N) is 1. The van der Waals surface area contributed by atoms with Crippen LogP contribution in [0.25, 0.3) is 154 Å². The van der Waals surface area contributed by atoms with Crippen LogP contribution in [0.3, 0.4) is 0 Å². The highest BCUT2D eigenvalue weighted by atomic mass is 127. The predicted molar refractivity (Wildman–Crippen MR) is 614 cm³/mol. The molecule has 5 nitrogen and oxygen atoms in total. The molecule has 2 heterocycles. The molecule has 1 saturated heterocycles. The molecule has 0 spiro atoms. The van der Waals surface area contributed by atoms with Crippen LogP contribution in [-0.4, -0.2) is 30.4 Å². The van der Waals surface area contributed by atoms with Crippen LogP contribution in [0.4, 0.5) is 11.4 Å². The van der Waals surface area contributed by atoms with Crippen molar-refractivity contribution < 1.29 is 19.2 Å². The average molecular weight is 2180 g/mol. The lowest BCUT2D eigenvalue weighted by Gasteiger charge is -2.33. The molecule has 0 amide bonds. The largest absolute Gasteiger partial charge is 0.488 e. The minimum Gasteiger partial charge on any atom is -0.455 e. The SMILES string of the molecule is Brc1ccc(-c2ccc(-c3ccc4ccccc4c3)cc2)cc1.Brc1ccc(-c2ccc(-c3ccc4ccccc4c3)cc2)cc1.Brc1ccc(-c2ccc3ccccc3c2)cc1.Brc1ccc(I)cc1.C1CCOC1.OB(O)c1ccc(-c2ccc3ccccc3c2)cc1.c1ccc(C2(c3ccccc3)c3ccccc3-c3c(Nc4ccc(-c5cccc6c5oc5ccccc56)cc4)cccc32)cc1. The van der Waals surface area contributed by atoms with E-state index >= 15 is 0 Å². The fourth-order valence-corrected chi connectivity index (χ4v) is 19.8. The van der Waals surface area contributed by atoms with Crippen LogP contribution in [0.2, 0.25) is 0 Å². The summed E-state index contributed by atoms with van der Waals surface area (Å²) in [5, 5.41) is 34.4. The van der Waals surface area contributed by atoms with Gasteiger partial charge in [-0.15, -0.1) is 0 Å². The van der Waals surface area contributed by atoms with Gasteiger partial charge in [0.25, 0.3) is 0 Å². The maximum Gasteiger partial charge on any atom is 0.488 e. The van der Waals surface area contributed by atoms with Crippen LogP contribution in [0.1, 0.15) is 35.1 Å². The lowest BCUT2D eigenvalue weighted by Crippen LogP contribution is -2.29. The Hall–Kier alpha value is -13.9. The summed E-state index contributed by atoms with van der Waals surface area (Å²) in [5.41, 5.74) is 28.6. The first-order valence-corrected chi connectivity index (χ1v) is 51.0. The number of hydrogen-bond acceptors (Lipinski definition) is 5. The normalized spacial score (nSPS) is 11.9. The summed E-state index contributed by atoms with van der Waals surface area (Å²) in [6, 6.07) is 179. The fraction of sp³-hybridized carbons (Fsp3) is 0.0388. The summed E-state index contributed by atoms with van der Waals surface area (Å²) in [4.78, 5) is 0. The molecule has 0 radical (unpaired) electrons. The number of ether oxygens (including phenoxy) is 1. The summed E-state index contributed by atoms with van der Waals surface area (Å²) in [6.07, 6.45) is 2.56. The summed E-state index contributed by atoms with van der Waals surface area (Å²) >= 11 is 16.0. The van der Waals surface area contributed by atoms with Crippen molar-refractivity contribution >= 4 is 175 Å². The average Bonchev–Trinajstić information content (AvgIpc) is 1.53. The number of halogens is 5. The Morgan fingerprint density at radius 2 is 0.579 bits per heavy atom. The molecule has 23 aromatic rings. The van der Waals surface area contributed by atoms with E-state index in [4.69, 9.17) is 19.2 Å². The van der Waals surface area contributed by atoms with Gasteiger partial charge in [-0.25, -0.2) is 0 Å². The molecular weight excluding hydrogens is 2080 g/mol. The van der Waals surface area contributed by atoms with Crippen LogP contribution < -0.4 is 10.8 Å². The fourth-order valence-electron chi connectivity index (χ4n) is 18.4. The third-order valence-electron chi connectivity index (χ3n) is 25.5. The Labute approximate surface area is 865 Å². The van der Waals surface area contributed by atoms with Crippen molar-refractivity contribution in [1.82, 2.24) is 0 Å². The minimum absolute atomic E-state index is 0.415. The highest BCUT2D eigenvalue weighted by Gasteiger charge is 2.47. The molecule has 2 aliphatic rings. The topological polar surface area (TPSA) is 74.9 Å². The van der Waals surface area contributed by atoms with Gasteiger partial charge in [-0.3, -0.25) is 0 Å². The Morgan fingerprint density at radius 1 is 0.264 bits per heavy atom. The summed E-state index contributed by atoms with van der Waals surface area (Å²) in [5.74, 6) is 0. The number of hydrogen-bond donors (Lipinski definition) is 3. The van der Waals surface area contributed by atoms with Crippen LogP contribution in [0.5, 0.6) is 0 Å². The van der Waals surface area contributed by atoms with Gasteiger partial charge in [0.2, 0.25) is 0 Å². The number of fused-ring (bicyclic) bond motifs is 10. The van der Waals surface area contributed by atoms with E-state index in [1.165, 1.54) is 149 Å². The highest BCUT2D eigenvalue weighted by molar-refractivity contribution is 14.1. The van der Waals surface area contributed by atoms with Gasteiger partial charge in [0.1, 0.15) is 11.2 Å². The predicted octanol–water partition coefficient (Wildman–Crippen LogP) is 36.5. The Bertz CT molecular complexity index is 7920. The summed E-state index contributed by atoms with van der Waals surface area (Å²) < 4.78 is 17.0. The number of anilines is 2. The monoisotopic (exact) mass is 2180 g/mol. The van der Waals surface area contributed by atoms with E-state index in [0.29, 0.717) is 5.46 Å². The zero-order valence-electron chi connectivity index (χ0n) is 76.5. The first kappa shape index (κ1) is 95.0. The van der Waals surface area contributed by atoms with Crippen molar-refractivity contribution in [2.45, 2.75) is 18.3 Å². The lowest BCUT2D eigenvalue weighted by molar-refractivity contribution is 0.198. The Balaban J connectivity index is 0.000000113. The van der Waals surface area contributed by atoms with Gasteiger partial charge < -0.3 is 24.5 Å². The molecule has 25 rings (SSSR count). The van der Waals surface area contributed by atoms with E-state index in [-0.39, 0.29) is 0 Å². The van der Waals surface area contributed by atoms with Crippen molar-refractivity contribution in [3.63, 3.8) is 0 Å². The molecule has 0 unspecified atom stereocenters. The van der Waals surface area contributed by atoms with Gasteiger partial charge in [0, 0.05) is 67.9 Å². The van der Waals surface area contributed by atoms with Crippen LogP contribution >= 0.6 is 86.3 Å². The summed E-state index contributed by atoms with van der Waals surface area (Å²) in [6.45, 7) is 2.00. The van der Waals surface area contributed by atoms with Gasteiger partial charge in [0.15, 0.2) is 0 Å². The van der Waals surface area contributed by atoms with E-state index in [9.17, 15) is 0 Å². The van der Waals surface area contributed by atoms with Gasteiger partial charge in [0.05, 0.1) is 5.41 Å². The van der Waals surface area contributed by atoms with Gasteiger partial charge in [-0.2, -0.15) is 0 Å². The zero-order chi connectivity index (χ0) is 95.5. The third kappa shape index (κ3) is 22.5. The molecule has 1 aromatic heterocycles. The first-order chi connectivity index (χ1) is 68.8. The second-order valence-electron chi connectivity index (χ2n) is 34.4. The molecule has 1 fully saturated rings. The molecule has 3 N–H and O–H groups in total. The zero-order valence-corrected chi connectivity index (χ0v) is 85.0. The van der Waals surface area contributed by atoms with Crippen molar-refractivity contribution in [1.29, 1.82) is 0 Å². The van der Waals surface area contributed by atoms with Crippen molar-refractivity contribution in [2.75, 3.05) is 18.5 Å². The van der Waals surface area contributed by atoms with E-state index in [2.05, 4.69) is 541 Å². The molecular formula is C129H95BBr4INO4. The molecule has 140 heavy (non-hydrogen) atoms. The highest BCUT2D eigenvalue weighted by Crippen LogP contribution is 2.58. The molecule has 0 atom stereocenters. The smallest absolute Gasteiger partial charge is 0.455 e. The van der Waals surface area contributed by atoms with E-state index in [0.717, 1.165) is 86.7 Å². The van der Waals surface area contributed by atoms with Crippen LogP contribution in [-0.2, 0) is 10.2 Å². The molecule has 1 aliphatic heterocycles. The second-order valence-corrected chi connectivity index (χ2v) is 39.3. The number of para-hydroxylation sites is 2. The van der Waals surface area contributed by atoms with Gasteiger partial charge in [-0.05, 0) is 293 Å². The lowest BCUT2D eigenvalue weighted by atomic mass is 9.68. The molecule has 0 saturated carbocycles. The summed E-state index contributed by atoms with van der Waals surface area (Å²) in [7, 11) is -1.41. The molecule has 678 valence electrons. The third-order valence-corrected chi connectivity index (χ3v) is 28.3. The number of furan rings is 1. The minimum atomic E-state index is -1.41. The first-order valence-electron chi connectivity index (χ1n) is 46.8. The van der Waals surface area contributed by atoms with E-state index < -0.39 is 12.5 Å². The van der Waals surface area contributed by atoms with Crippen LogP contribution in [0.15, 0.2) is 532 Å². The van der Waals surface area contributed by atoms with Crippen molar-refractivity contribution in [3.8, 4) is 89.0 Å². The molecule has 1 aliphatic carbocycles. The second kappa shape index (κ2) is 45.3. The number of rotatable bonds is 12. The van der Waals surface area contributed by atoms with Gasteiger partial charge >= 0.3 is 7.12 Å². The Morgan fingerprint density at radius 3 is 0.979 bits per heavy atom. The quantitative estimate of drug-likeness (QED) is 0.0840. The maximum absolute atomic E-state index is 9.08. The van der Waals surface area contributed by atoms with Crippen molar-refractivity contribution in [3.05, 3.63) is 553 Å². The van der Waals surface area contributed by atoms with Crippen LogP contribution in [0, 0.1) is 3.57 Å². The van der Waals surface area contributed by atoms with E-state index in [1.807, 2.05) is 48.5 Å². The van der Waals surface area contributed by atoms with Gasteiger partial charge in [-0.1, -0.05) is 464 Å². The van der Waals surface area contributed by atoms with Crippen molar-refractivity contribution in [2.24, 2.45) is 0 Å². The molecule has 11 heteroatoms. The molecule has 0 bridgehead atoms. The Kier molecular flexibility index (Phi) is 30.8. The van der Waals surface area contributed by atoms with E-state index in [1.54, 1.807) is 12.1 Å².